The van der Waals surface area contributed by atoms with Crippen molar-refractivity contribution in [1.82, 2.24) is 4.90 Å². The Kier molecular flexibility index (Phi) is 2.31. The van der Waals surface area contributed by atoms with Crippen LogP contribution in [0.2, 0.25) is 0 Å². The van der Waals surface area contributed by atoms with Gasteiger partial charge in [0.15, 0.2) is 0 Å². The fourth-order valence-corrected chi connectivity index (χ4v) is 2.22. The molecule has 2 unspecified atom stereocenters. The number of piperidine rings is 1. The van der Waals surface area contributed by atoms with Crippen LogP contribution in [0.3, 0.4) is 0 Å². The van der Waals surface area contributed by atoms with Crippen LogP contribution in [0.4, 0.5) is 4.79 Å². The van der Waals surface area contributed by atoms with E-state index in [-0.39, 0.29) is 24.5 Å². The number of carbonyl (C=O) groups excluding carboxylic acids is 1. The van der Waals surface area contributed by atoms with Gasteiger partial charge in [0.05, 0.1) is 6.04 Å². The predicted molar refractivity (Wildman–Crippen MR) is 46.8 cm³/mol. The number of carboxylic acids is 1. The minimum atomic E-state index is -0.756. The second-order valence-corrected chi connectivity index (χ2v) is 3.91. The van der Waals surface area contributed by atoms with E-state index in [1.165, 1.54) is 0 Å². The molecule has 2 rings (SSSR count). The van der Waals surface area contributed by atoms with Crippen molar-refractivity contribution < 1.29 is 19.4 Å². The molecule has 0 aromatic carbocycles. The molecule has 0 aromatic heterocycles. The van der Waals surface area contributed by atoms with Crippen molar-refractivity contribution >= 4 is 12.1 Å². The van der Waals surface area contributed by atoms with Crippen LogP contribution in [-0.2, 0) is 9.53 Å². The molecule has 0 radical (unpaired) electrons. The molecule has 2 aliphatic heterocycles. The molecule has 1 N–H and O–H groups in total. The van der Waals surface area contributed by atoms with Gasteiger partial charge in [0.1, 0.15) is 6.61 Å². The molecule has 78 valence electrons. The number of aliphatic carboxylic acids is 1. The van der Waals surface area contributed by atoms with Crippen molar-refractivity contribution in [3.8, 4) is 0 Å². The Bertz CT molecular complexity index is 266. The van der Waals surface area contributed by atoms with Gasteiger partial charge >= 0.3 is 12.1 Å². The third-order valence-corrected chi connectivity index (χ3v) is 2.92. The summed E-state index contributed by atoms with van der Waals surface area (Å²) in [5, 5.41) is 8.65. The van der Waals surface area contributed by atoms with Crippen molar-refractivity contribution in [1.29, 1.82) is 0 Å². The molecule has 0 bridgehead atoms. The first-order chi connectivity index (χ1) is 6.66. The van der Waals surface area contributed by atoms with Gasteiger partial charge in [-0.25, -0.2) is 4.79 Å². The minimum Gasteiger partial charge on any atom is -0.481 e. The highest BCUT2D eigenvalue weighted by molar-refractivity contribution is 5.70. The van der Waals surface area contributed by atoms with Gasteiger partial charge in [-0.2, -0.15) is 0 Å². The van der Waals surface area contributed by atoms with E-state index in [4.69, 9.17) is 9.84 Å². The highest BCUT2D eigenvalue weighted by Gasteiger charge is 2.38. The number of nitrogens with zero attached hydrogens (tertiary/aromatic N) is 1. The maximum atomic E-state index is 11.1. The molecular weight excluding hydrogens is 186 g/mol. The molecule has 0 aliphatic carbocycles. The van der Waals surface area contributed by atoms with E-state index in [1.54, 1.807) is 4.90 Å². The molecule has 0 aromatic rings. The summed E-state index contributed by atoms with van der Waals surface area (Å²) in [5.41, 5.74) is 0. The fraction of sp³-hybridized carbons (Fsp3) is 0.778. The molecular formula is C9H13NO4. The van der Waals surface area contributed by atoms with E-state index < -0.39 is 5.97 Å². The quantitative estimate of drug-likeness (QED) is 0.710. The summed E-state index contributed by atoms with van der Waals surface area (Å²) < 4.78 is 4.89. The average molecular weight is 199 g/mol. The molecule has 2 heterocycles. The average Bonchev–Trinajstić information content (AvgIpc) is 2.46. The standard InChI is InChI=1S/C9H13NO4/c11-8(12)4-6-1-2-10-7(3-6)5-14-9(10)13/h6-7H,1-5H2,(H,11,12). The lowest BCUT2D eigenvalue weighted by atomic mass is 9.89. The Morgan fingerprint density at radius 3 is 3.14 bits per heavy atom. The zero-order valence-corrected chi connectivity index (χ0v) is 7.81. The first kappa shape index (κ1) is 9.30. The number of ether oxygens (including phenoxy) is 1. The third-order valence-electron chi connectivity index (χ3n) is 2.92. The van der Waals surface area contributed by atoms with Crippen LogP contribution < -0.4 is 0 Å². The lowest BCUT2D eigenvalue weighted by molar-refractivity contribution is -0.138. The molecule has 2 aliphatic rings. The maximum absolute atomic E-state index is 11.1. The number of rotatable bonds is 2. The molecule has 14 heavy (non-hydrogen) atoms. The van der Waals surface area contributed by atoms with Crippen molar-refractivity contribution in [3.63, 3.8) is 0 Å². The number of carbonyl (C=O) groups is 2. The van der Waals surface area contributed by atoms with E-state index in [1.807, 2.05) is 0 Å². The van der Waals surface area contributed by atoms with Gasteiger partial charge in [-0.15, -0.1) is 0 Å². The van der Waals surface area contributed by atoms with E-state index in [0.29, 0.717) is 13.2 Å². The first-order valence-corrected chi connectivity index (χ1v) is 4.82. The van der Waals surface area contributed by atoms with Crippen LogP contribution in [-0.4, -0.2) is 41.3 Å². The molecule has 5 nitrogen and oxygen atoms in total. The molecule has 2 saturated heterocycles. The van der Waals surface area contributed by atoms with Gasteiger partial charge in [0.25, 0.3) is 0 Å². The topological polar surface area (TPSA) is 66.8 Å². The van der Waals surface area contributed by atoms with Crippen LogP contribution in [0.1, 0.15) is 19.3 Å². The minimum absolute atomic E-state index is 0.112. The Morgan fingerprint density at radius 1 is 1.64 bits per heavy atom. The van der Waals surface area contributed by atoms with Gasteiger partial charge in [-0.3, -0.25) is 4.79 Å². The summed E-state index contributed by atoms with van der Waals surface area (Å²) in [5.74, 6) is -0.558. The summed E-state index contributed by atoms with van der Waals surface area (Å²) in [6.07, 6.45) is 1.50. The molecule has 0 saturated carbocycles. The van der Waals surface area contributed by atoms with E-state index >= 15 is 0 Å². The maximum Gasteiger partial charge on any atom is 0.410 e. The van der Waals surface area contributed by atoms with Crippen LogP contribution in [0, 0.1) is 5.92 Å². The van der Waals surface area contributed by atoms with Crippen molar-refractivity contribution in [2.24, 2.45) is 5.92 Å². The number of hydrogen-bond donors (Lipinski definition) is 1. The smallest absolute Gasteiger partial charge is 0.410 e. The van der Waals surface area contributed by atoms with Crippen LogP contribution in [0.25, 0.3) is 0 Å². The lowest BCUT2D eigenvalue weighted by Crippen LogP contribution is -2.41. The molecule has 1 amide bonds. The van der Waals surface area contributed by atoms with Gasteiger partial charge in [-0.1, -0.05) is 0 Å². The molecule has 5 heteroatoms. The number of amides is 1. The summed E-state index contributed by atoms with van der Waals surface area (Å²) in [6, 6.07) is 0.112. The van der Waals surface area contributed by atoms with Crippen LogP contribution in [0.15, 0.2) is 0 Å². The monoisotopic (exact) mass is 199 g/mol. The zero-order valence-electron chi connectivity index (χ0n) is 7.81. The summed E-state index contributed by atoms with van der Waals surface area (Å²) in [7, 11) is 0. The second kappa shape index (κ2) is 3.48. The largest absolute Gasteiger partial charge is 0.481 e. The molecule has 2 atom stereocenters. The Hall–Kier alpha value is -1.26. The summed E-state index contributed by atoms with van der Waals surface area (Å²) >= 11 is 0. The Balaban J connectivity index is 1.92. The zero-order chi connectivity index (χ0) is 10.1. The van der Waals surface area contributed by atoms with Gasteiger partial charge in [0.2, 0.25) is 0 Å². The van der Waals surface area contributed by atoms with E-state index in [0.717, 1.165) is 12.8 Å². The van der Waals surface area contributed by atoms with Crippen LogP contribution >= 0.6 is 0 Å². The Labute approximate surface area is 81.6 Å². The second-order valence-electron chi connectivity index (χ2n) is 3.91. The number of hydrogen-bond acceptors (Lipinski definition) is 3. The number of cyclic esters (lactones) is 1. The summed E-state index contributed by atoms with van der Waals surface area (Å²) in [4.78, 5) is 23.3. The van der Waals surface area contributed by atoms with Crippen molar-refractivity contribution in [2.45, 2.75) is 25.3 Å². The first-order valence-electron chi connectivity index (χ1n) is 4.82. The highest BCUT2D eigenvalue weighted by Crippen LogP contribution is 2.29. The SMILES string of the molecule is O=C(O)CC1CCN2C(=O)OCC2C1. The van der Waals surface area contributed by atoms with Gasteiger partial charge in [-0.05, 0) is 18.8 Å². The van der Waals surface area contributed by atoms with Crippen molar-refractivity contribution in [3.05, 3.63) is 0 Å². The normalized spacial score (nSPS) is 31.1. The molecule has 2 fully saturated rings. The van der Waals surface area contributed by atoms with Gasteiger partial charge in [0, 0.05) is 13.0 Å². The highest BCUT2D eigenvalue weighted by atomic mass is 16.6. The summed E-state index contributed by atoms with van der Waals surface area (Å²) in [6.45, 7) is 1.07. The number of fused-ring (bicyclic) bond motifs is 1. The lowest BCUT2D eigenvalue weighted by Gasteiger charge is -2.31. The van der Waals surface area contributed by atoms with Gasteiger partial charge < -0.3 is 14.7 Å². The van der Waals surface area contributed by atoms with Crippen LogP contribution in [0.5, 0.6) is 0 Å². The van der Waals surface area contributed by atoms with E-state index in [2.05, 4.69) is 0 Å². The fourth-order valence-electron chi connectivity index (χ4n) is 2.22. The van der Waals surface area contributed by atoms with Crippen molar-refractivity contribution in [2.75, 3.05) is 13.2 Å². The predicted octanol–water partition coefficient (Wildman–Crippen LogP) is 0.692. The Morgan fingerprint density at radius 2 is 2.43 bits per heavy atom. The third kappa shape index (κ3) is 1.66. The number of carboxylic acid groups (broad SMARTS) is 1. The van der Waals surface area contributed by atoms with E-state index in [9.17, 15) is 9.59 Å². The molecule has 0 spiro atoms.